The van der Waals surface area contributed by atoms with Crippen LogP contribution in [0.15, 0.2) is 18.2 Å². The molecule has 0 bridgehead atoms. The minimum absolute atomic E-state index is 0.0401. The zero-order valence-electron chi connectivity index (χ0n) is 10.9. The summed E-state index contributed by atoms with van der Waals surface area (Å²) in [6.45, 7) is 0.336. The standard InChI is InChI=1S/C13H18FN3OS/c1-17(10-4-5-19-8-10)7-13(18)16-9-2-3-11(14)12(15)6-9/h2-3,6,10H,4-5,7-8,15H2,1H3,(H,16,18). The maximum atomic E-state index is 13.0. The maximum Gasteiger partial charge on any atom is 0.238 e. The van der Waals surface area contributed by atoms with Gasteiger partial charge in [0.25, 0.3) is 0 Å². The molecule has 0 aliphatic carbocycles. The van der Waals surface area contributed by atoms with Crippen LogP contribution in [0, 0.1) is 5.82 Å². The van der Waals surface area contributed by atoms with Crippen LogP contribution >= 0.6 is 11.8 Å². The van der Waals surface area contributed by atoms with E-state index in [-0.39, 0.29) is 11.6 Å². The third kappa shape index (κ3) is 3.84. The fourth-order valence-corrected chi connectivity index (χ4v) is 3.35. The Labute approximate surface area is 116 Å². The van der Waals surface area contributed by atoms with Gasteiger partial charge in [0.15, 0.2) is 0 Å². The summed E-state index contributed by atoms with van der Waals surface area (Å²) in [5.41, 5.74) is 6.02. The smallest absolute Gasteiger partial charge is 0.238 e. The highest BCUT2D eigenvalue weighted by Crippen LogP contribution is 2.21. The van der Waals surface area contributed by atoms with Crippen molar-refractivity contribution in [3.63, 3.8) is 0 Å². The molecule has 2 rings (SSSR count). The third-order valence-corrected chi connectivity index (χ3v) is 4.35. The number of anilines is 2. The molecule has 1 amide bonds. The van der Waals surface area contributed by atoms with Gasteiger partial charge in [-0.2, -0.15) is 11.8 Å². The zero-order valence-corrected chi connectivity index (χ0v) is 11.7. The molecule has 19 heavy (non-hydrogen) atoms. The molecule has 1 aliphatic heterocycles. The monoisotopic (exact) mass is 283 g/mol. The Morgan fingerprint density at radius 1 is 1.63 bits per heavy atom. The average molecular weight is 283 g/mol. The zero-order chi connectivity index (χ0) is 13.8. The second kappa shape index (κ2) is 6.25. The highest BCUT2D eigenvalue weighted by Gasteiger charge is 2.21. The Balaban J connectivity index is 1.88. The third-order valence-electron chi connectivity index (χ3n) is 3.20. The number of carbonyl (C=O) groups is 1. The van der Waals surface area contributed by atoms with Crippen molar-refractivity contribution in [1.82, 2.24) is 4.90 Å². The van der Waals surface area contributed by atoms with Gasteiger partial charge < -0.3 is 11.1 Å². The molecule has 1 atom stereocenters. The normalized spacial score (nSPS) is 18.8. The second-order valence-corrected chi connectivity index (χ2v) is 5.87. The Bertz CT molecular complexity index is 463. The van der Waals surface area contributed by atoms with Crippen LogP contribution < -0.4 is 11.1 Å². The van der Waals surface area contributed by atoms with Crippen molar-refractivity contribution in [3.8, 4) is 0 Å². The number of rotatable bonds is 4. The van der Waals surface area contributed by atoms with Crippen molar-refractivity contribution in [2.45, 2.75) is 12.5 Å². The van der Waals surface area contributed by atoms with Crippen LogP contribution in [0.4, 0.5) is 15.8 Å². The van der Waals surface area contributed by atoms with E-state index in [2.05, 4.69) is 10.2 Å². The van der Waals surface area contributed by atoms with Gasteiger partial charge in [0.1, 0.15) is 5.82 Å². The molecule has 0 aromatic heterocycles. The summed E-state index contributed by atoms with van der Waals surface area (Å²) in [5.74, 6) is 1.65. The van der Waals surface area contributed by atoms with Crippen molar-refractivity contribution < 1.29 is 9.18 Å². The number of nitrogens with one attached hydrogen (secondary N) is 1. The number of amides is 1. The summed E-state index contributed by atoms with van der Waals surface area (Å²) >= 11 is 1.91. The fraction of sp³-hybridized carbons (Fsp3) is 0.462. The summed E-state index contributed by atoms with van der Waals surface area (Å²) in [7, 11) is 1.95. The largest absolute Gasteiger partial charge is 0.396 e. The van der Waals surface area contributed by atoms with E-state index in [0.717, 1.165) is 17.9 Å². The van der Waals surface area contributed by atoms with Crippen molar-refractivity contribution in [2.24, 2.45) is 0 Å². The first-order chi connectivity index (χ1) is 9.06. The number of nitrogens with two attached hydrogens (primary N) is 1. The molecule has 104 valence electrons. The lowest BCUT2D eigenvalue weighted by atomic mass is 10.2. The highest BCUT2D eigenvalue weighted by molar-refractivity contribution is 7.99. The minimum atomic E-state index is -0.474. The van der Waals surface area contributed by atoms with Crippen LogP contribution in [0.25, 0.3) is 0 Å². The highest BCUT2D eigenvalue weighted by atomic mass is 32.2. The number of hydrogen-bond acceptors (Lipinski definition) is 4. The minimum Gasteiger partial charge on any atom is -0.396 e. The Morgan fingerprint density at radius 3 is 3.05 bits per heavy atom. The van der Waals surface area contributed by atoms with Crippen molar-refractivity contribution >= 4 is 29.0 Å². The molecule has 4 nitrogen and oxygen atoms in total. The summed E-state index contributed by atoms with van der Waals surface area (Å²) in [6.07, 6.45) is 1.12. The van der Waals surface area contributed by atoms with Gasteiger partial charge in [0.2, 0.25) is 5.91 Å². The molecule has 1 aromatic rings. The molecular formula is C13H18FN3OS. The van der Waals surface area contributed by atoms with E-state index in [1.807, 2.05) is 18.8 Å². The SMILES string of the molecule is CN(CC(=O)Nc1ccc(F)c(N)c1)C1CCSC1. The molecule has 3 N–H and O–H groups in total. The topological polar surface area (TPSA) is 58.4 Å². The van der Waals surface area contributed by atoms with Crippen molar-refractivity contribution in [3.05, 3.63) is 24.0 Å². The number of halogens is 1. The van der Waals surface area contributed by atoms with Gasteiger partial charge in [-0.05, 0) is 37.4 Å². The second-order valence-electron chi connectivity index (χ2n) is 4.72. The molecular weight excluding hydrogens is 265 g/mol. The van der Waals surface area contributed by atoms with Crippen LogP contribution in [-0.2, 0) is 4.79 Å². The van der Waals surface area contributed by atoms with E-state index in [1.165, 1.54) is 18.2 Å². The van der Waals surface area contributed by atoms with Gasteiger partial charge in [-0.15, -0.1) is 0 Å². The lowest BCUT2D eigenvalue weighted by molar-refractivity contribution is -0.117. The molecule has 1 aromatic carbocycles. The number of thioether (sulfide) groups is 1. The molecule has 1 heterocycles. The van der Waals surface area contributed by atoms with E-state index in [0.29, 0.717) is 18.3 Å². The number of benzene rings is 1. The van der Waals surface area contributed by atoms with Gasteiger partial charge in [0, 0.05) is 17.5 Å². The van der Waals surface area contributed by atoms with Gasteiger partial charge >= 0.3 is 0 Å². The molecule has 1 saturated heterocycles. The van der Waals surface area contributed by atoms with Crippen LogP contribution in [0.3, 0.4) is 0 Å². The van der Waals surface area contributed by atoms with Crippen LogP contribution in [0.1, 0.15) is 6.42 Å². The lowest BCUT2D eigenvalue weighted by Gasteiger charge is -2.22. The number of hydrogen-bond donors (Lipinski definition) is 2. The predicted molar refractivity (Wildman–Crippen MR) is 77.8 cm³/mol. The molecule has 0 radical (unpaired) electrons. The number of carbonyl (C=O) groups excluding carboxylic acids is 1. The molecule has 1 aliphatic rings. The average Bonchev–Trinajstić information content (AvgIpc) is 2.87. The first-order valence-electron chi connectivity index (χ1n) is 6.19. The molecule has 1 unspecified atom stereocenters. The van der Waals surface area contributed by atoms with Crippen molar-refractivity contribution in [2.75, 3.05) is 36.1 Å². The Morgan fingerprint density at radius 2 is 2.42 bits per heavy atom. The molecule has 0 spiro atoms. The fourth-order valence-electron chi connectivity index (χ4n) is 2.05. The molecule has 0 saturated carbocycles. The van der Waals surface area contributed by atoms with E-state index in [9.17, 15) is 9.18 Å². The van der Waals surface area contributed by atoms with Gasteiger partial charge in [0.05, 0.1) is 12.2 Å². The van der Waals surface area contributed by atoms with E-state index in [1.54, 1.807) is 0 Å². The molecule has 1 fully saturated rings. The van der Waals surface area contributed by atoms with Gasteiger partial charge in [-0.1, -0.05) is 0 Å². The summed E-state index contributed by atoms with van der Waals surface area (Å²) in [4.78, 5) is 13.9. The Kier molecular flexibility index (Phi) is 4.66. The first-order valence-corrected chi connectivity index (χ1v) is 7.34. The summed E-state index contributed by atoms with van der Waals surface area (Å²) < 4.78 is 13.0. The van der Waals surface area contributed by atoms with Crippen LogP contribution in [0.5, 0.6) is 0 Å². The predicted octanol–water partition coefficient (Wildman–Crippen LogP) is 1.78. The van der Waals surface area contributed by atoms with E-state index >= 15 is 0 Å². The van der Waals surface area contributed by atoms with Crippen molar-refractivity contribution in [1.29, 1.82) is 0 Å². The van der Waals surface area contributed by atoms with Gasteiger partial charge in [-0.3, -0.25) is 9.69 Å². The summed E-state index contributed by atoms with van der Waals surface area (Å²) in [5, 5.41) is 2.73. The van der Waals surface area contributed by atoms with Crippen LogP contribution in [0.2, 0.25) is 0 Å². The Hall–Kier alpha value is -1.27. The quantitative estimate of drug-likeness (QED) is 0.827. The van der Waals surface area contributed by atoms with E-state index in [4.69, 9.17) is 5.73 Å². The molecule has 6 heteroatoms. The van der Waals surface area contributed by atoms with Gasteiger partial charge in [-0.25, -0.2) is 4.39 Å². The number of nitrogen functional groups attached to an aromatic ring is 1. The number of likely N-dealkylation sites (N-methyl/N-ethyl adjacent to an activating group) is 1. The summed E-state index contributed by atoms with van der Waals surface area (Å²) in [6, 6.07) is 4.66. The number of nitrogens with zero attached hydrogens (tertiary/aromatic N) is 1. The van der Waals surface area contributed by atoms with Crippen LogP contribution in [-0.4, -0.2) is 41.9 Å². The first kappa shape index (κ1) is 14.1. The maximum absolute atomic E-state index is 13.0. The lowest BCUT2D eigenvalue weighted by Crippen LogP contribution is -2.38. The van der Waals surface area contributed by atoms with E-state index < -0.39 is 5.82 Å².